The molecule has 2 saturated heterocycles. The smallest absolute Gasteiger partial charge is 0.342 e. The number of carbonyl (C=O) groups excluding carboxylic acids is 4. The summed E-state index contributed by atoms with van der Waals surface area (Å²) < 4.78 is 27.8. The summed E-state index contributed by atoms with van der Waals surface area (Å²) >= 11 is 0. The van der Waals surface area contributed by atoms with E-state index in [0.29, 0.717) is 17.5 Å². The zero-order valence-electron chi connectivity index (χ0n) is 26.3. The maximum Gasteiger partial charge on any atom is 0.342 e. The van der Waals surface area contributed by atoms with Gasteiger partial charge in [-0.05, 0) is 66.7 Å². The second-order valence-electron chi connectivity index (χ2n) is 13.2. The lowest BCUT2D eigenvalue weighted by Gasteiger charge is -2.42. The Balaban J connectivity index is 0.000000255. The van der Waals surface area contributed by atoms with Gasteiger partial charge in [0.2, 0.25) is 0 Å². The molecule has 6 atom stereocenters. The lowest BCUT2D eigenvalue weighted by Crippen LogP contribution is -2.52. The van der Waals surface area contributed by atoms with Crippen molar-refractivity contribution in [1.29, 1.82) is 0 Å². The van der Waals surface area contributed by atoms with Crippen molar-refractivity contribution in [2.75, 3.05) is 0 Å². The molecule has 0 unspecified atom stereocenters. The summed E-state index contributed by atoms with van der Waals surface area (Å²) in [7, 11) is -2.17. The largest absolute Gasteiger partial charge is 0.456 e. The molecule has 254 valence electrons. The minimum absolute atomic E-state index is 0. The van der Waals surface area contributed by atoms with Crippen molar-refractivity contribution in [3.8, 4) is 0 Å². The van der Waals surface area contributed by atoms with Crippen molar-refractivity contribution < 1.29 is 47.7 Å². The average Bonchev–Trinajstić information content (AvgIpc) is 3.40. The SMILES string of the molecule is C.CC(C)(C)[Si](C)(C)O[C@@]12C=C[C@@H](OC(=O)c3ccccc3)[C@@H](C1)OC2=O.I.O=C(O[C@@H]1C=C[C@]2(O)C[C@H]1OC2=O)c1ccccc1. The summed E-state index contributed by atoms with van der Waals surface area (Å²) in [4.78, 5) is 48.2. The van der Waals surface area contributed by atoms with Crippen molar-refractivity contribution >= 4 is 56.2 Å². The van der Waals surface area contributed by atoms with E-state index in [0.717, 1.165) is 0 Å². The third-order valence-corrected chi connectivity index (χ3v) is 13.3. The summed E-state index contributed by atoms with van der Waals surface area (Å²) in [6.07, 6.45) is 4.41. The van der Waals surface area contributed by atoms with Crippen LogP contribution in [-0.2, 0) is 33.0 Å². The number of hydrogen-bond donors (Lipinski definition) is 1. The summed E-state index contributed by atoms with van der Waals surface area (Å²) in [5.74, 6) is -1.99. The first-order valence-corrected chi connectivity index (χ1v) is 17.8. The van der Waals surface area contributed by atoms with Crippen LogP contribution in [0.15, 0.2) is 85.0 Å². The van der Waals surface area contributed by atoms with Gasteiger partial charge in [0.25, 0.3) is 0 Å². The number of hydrogen-bond acceptors (Lipinski definition) is 10. The van der Waals surface area contributed by atoms with Crippen LogP contribution in [0.2, 0.25) is 18.1 Å². The van der Waals surface area contributed by atoms with Crippen LogP contribution >= 0.6 is 24.0 Å². The molecule has 0 saturated carbocycles. The highest BCUT2D eigenvalue weighted by Crippen LogP contribution is 2.45. The fourth-order valence-electron chi connectivity index (χ4n) is 5.21. The maximum atomic E-state index is 12.6. The molecule has 0 amide bonds. The lowest BCUT2D eigenvalue weighted by molar-refractivity contribution is -0.153. The molecule has 0 radical (unpaired) electrons. The molecular formula is C35H43IO10Si. The van der Waals surface area contributed by atoms with Gasteiger partial charge in [-0.1, -0.05) is 64.6 Å². The number of carbonyl (C=O) groups is 4. The highest BCUT2D eigenvalue weighted by Gasteiger charge is 2.58. The second kappa shape index (κ2) is 14.4. The monoisotopic (exact) mass is 778 g/mol. The fourth-order valence-corrected chi connectivity index (χ4v) is 6.66. The standard InChI is InChI=1S/C20H26O5Si.C14H12O5.CH4.HI/c1-19(2,3)26(4,5)25-20-12-11-15(16(13-20)24-18(20)22)23-17(21)14-9-7-6-8-10-14;15-12(9-4-2-1-3-5-9)18-10-6-7-14(17)8-11(10)19-13(14)16;;/h6-12,15-16H,13H2,1-5H3;1-7,10-11,17H,8H2;1H4;1H/t15-,16-,20+;10-,11-,14+;;/m11../s1. The first kappa shape index (κ1) is 38.1. The summed E-state index contributed by atoms with van der Waals surface area (Å²) in [5.41, 5.74) is -1.70. The van der Waals surface area contributed by atoms with Crippen molar-refractivity contribution in [2.24, 2.45) is 0 Å². The number of benzene rings is 2. The molecule has 2 fully saturated rings. The topological polar surface area (TPSA) is 135 Å². The van der Waals surface area contributed by atoms with Crippen LogP contribution in [0.3, 0.4) is 0 Å². The average molecular weight is 779 g/mol. The highest BCUT2D eigenvalue weighted by atomic mass is 127. The molecule has 12 heteroatoms. The van der Waals surface area contributed by atoms with Crippen LogP contribution in [0.5, 0.6) is 0 Å². The Kier molecular flexibility index (Phi) is 11.7. The molecule has 6 rings (SSSR count). The first-order valence-electron chi connectivity index (χ1n) is 14.9. The molecule has 47 heavy (non-hydrogen) atoms. The van der Waals surface area contributed by atoms with E-state index < -0.39 is 61.8 Å². The van der Waals surface area contributed by atoms with Crippen LogP contribution < -0.4 is 0 Å². The third-order valence-electron chi connectivity index (χ3n) is 8.83. The maximum absolute atomic E-state index is 12.6. The molecule has 4 aliphatic rings. The molecule has 2 aromatic rings. The predicted molar refractivity (Wildman–Crippen MR) is 187 cm³/mol. The van der Waals surface area contributed by atoms with Gasteiger partial charge in [0.05, 0.1) is 11.1 Å². The van der Waals surface area contributed by atoms with Crippen molar-refractivity contribution in [2.45, 2.75) is 94.8 Å². The van der Waals surface area contributed by atoms with Gasteiger partial charge in [0, 0.05) is 12.8 Å². The van der Waals surface area contributed by atoms with Gasteiger partial charge >= 0.3 is 23.9 Å². The molecule has 0 aromatic heterocycles. The first-order chi connectivity index (χ1) is 21.1. The van der Waals surface area contributed by atoms with E-state index in [9.17, 15) is 24.3 Å². The van der Waals surface area contributed by atoms with Gasteiger partial charge < -0.3 is 28.5 Å². The molecule has 4 bridgehead atoms. The van der Waals surface area contributed by atoms with E-state index in [1.807, 2.05) is 6.07 Å². The van der Waals surface area contributed by atoms with Crippen LogP contribution in [0.25, 0.3) is 0 Å². The van der Waals surface area contributed by atoms with E-state index in [4.69, 9.17) is 23.4 Å². The molecule has 2 aliphatic heterocycles. The molecule has 10 nitrogen and oxygen atoms in total. The summed E-state index contributed by atoms with van der Waals surface area (Å²) in [6.45, 7) is 10.6. The van der Waals surface area contributed by atoms with Crippen LogP contribution in [0, 0.1) is 0 Å². The normalized spacial score (nSPS) is 28.4. The predicted octanol–water partition coefficient (Wildman–Crippen LogP) is 5.94. The highest BCUT2D eigenvalue weighted by molar-refractivity contribution is 14.0. The fraction of sp³-hybridized carbons (Fsp3) is 0.429. The minimum atomic E-state index is -2.17. The number of halogens is 1. The van der Waals surface area contributed by atoms with Gasteiger partial charge in [-0.25, -0.2) is 19.2 Å². The third kappa shape index (κ3) is 8.04. The van der Waals surface area contributed by atoms with Gasteiger partial charge in [-0.15, -0.1) is 24.0 Å². The quantitative estimate of drug-likeness (QED) is 0.124. The molecule has 1 N–H and O–H groups in total. The lowest BCUT2D eigenvalue weighted by atomic mass is 9.91. The Bertz CT molecular complexity index is 1520. The number of aliphatic hydroxyl groups is 1. The Hall–Kier alpha value is -3.33. The zero-order valence-corrected chi connectivity index (χ0v) is 29.7. The Morgan fingerprint density at radius 1 is 0.787 bits per heavy atom. The summed E-state index contributed by atoms with van der Waals surface area (Å²) in [5, 5.41) is 9.83. The van der Waals surface area contributed by atoms with E-state index >= 15 is 0 Å². The molecular weight excluding hydrogens is 735 g/mol. The van der Waals surface area contributed by atoms with Crippen molar-refractivity contribution in [3.05, 3.63) is 96.1 Å². The number of esters is 4. The van der Waals surface area contributed by atoms with E-state index in [1.54, 1.807) is 66.7 Å². The van der Waals surface area contributed by atoms with Gasteiger partial charge in [-0.2, -0.15) is 0 Å². The van der Waals surface area contributed by atoms with Gasteiger partial charge in [-0.3, -0.25) is 0 Å². The minimum Gasteiger partial charge on any atom is -0.456 e. The Morgan fingerprint density at radius 2 is 1.23 bits per heavy atom. The number of rotatable bonds is 6. The number of fused-ring (bicyclic) bond motifs is 4. The summed E-state index contributed by atoms with van der Waals surface area (Å²) in [6, 6.07) is 17.3. The molecule has 0 spiro atoms. The van der Waals surface area contributed by atoms with Gasteiger partial charge in [0.15, 0.2) is 31.7 Å². The van der Waals surface area contributed by atoms with Crippen LogP contribution in [0.1, 0.15) is 61.8 Å². The van der Waals surface area contributed by atoms with E-state index in [-0.39, 0.29) is 48.8 Å². The molecule has 2 heterocycles. The Labute approximate surface area is 293 Å². The van der Waals surface area contributed by atoms with Gasteiger partial charge in [0.1, 0.15) is 12.2 Å². The van der Waals surface area contributed by atoms with E-state index in [1.165, 1.54) is 12.2 Å². The van der Waals surface area contributed by atoms with Crippen LogP contribution in [0.4, 0.5) is 0 Å². The van der Waals surface area contributed by atoms with Crippen LogP contribution in [-0.4, -0.2) is 72.9 Å². The second-order valence-corrected chi connectivity index (χ2v) is 17.9. The van der Waals surface area contributed by atoms with Crippen molar-refractivity contribution in [3.63, 3.8) is 0 Å². The zero-order chi connectivity index (χ0) is 32.6. The van der Waals surface area contributed by atoms with E-state index in [2.05, 4.69) is 33.9 Å². The van der Waals surface area contributed by atoms with Crippen molar-refractivity contribution in [1.82, 2.24) is 0 Å². The molecule has 2 aromatic carbocycles. The Morgan fingerprint density at radius 3 is 1.72 bits per heavy atom. The number of ether oxygens (including phenoxy) is 4. The molecule has 2 aliphatic carbocycles.